The van der Waals surface area contributed by atoms with E-state index in [4.69, 9.17) is 0 Å². The number of carbonyl (C=O) groups is 1. The van der Waals surface area contributed by atoms with Crippen molar-refractivity contribution in [3.05, 3.63) is 75.8 Å². The fraction of sp³-hybridized carbons (Fsp3) is 0.278. The zero-order valence-electron chi connectivity index (χ0n) is 13.5. The Labute approximate surface area is 145 Å². The van der Waals surface area contributed by atoms with Gasteiger partial charge in [-0.25, -0.2) is 0 Å². The summed E-state index contributed by atoms with van der Waals surface area (Å²) in [7, 11) is 0. The number of nitro benzene ring substituents is 1. The molecule has 0 aliphatic heterocycles. The number of hydrogen-bond donors (Lipinski definition) is 1. The Bertz CT molecular complexity index is 674. The summed E-state index contributed by atoms with van der Waals surface area (Å²) in [6, 6.07) is 16.4. The molecule has 0 aromatic heterocycles. The molecular formula is C18H20N2O3S. The van der Waals surface area contributed by atoms with E-state index in [-0.39, 0.29) is 17.6 Å². The molecule has 0 saturated heterocycles. The molecule has 2 aromatic rings. The highest BCUT2D eigenvalue weighted by molar-refractivity contribution is 7.99. The quantitative estimate of drug-likeness (QED) is 0.578. The molecule has 0 fully saturated rings. The summed E-state index contributed by atoms with van der Waals surface area (Å²) in [6.07, 6.45) is 0.836. The standard InChI is InChI=1S/C18H20N2O3S/c1-2-17(15-6-4-3-5-7-15)19-18(21)13-24-12-14-8-10-16(11-9-14)20(22)23/h3-11,17H,2,12-13H2,1H3,(H,19,21)/t17-/m1/s1. The molecule has 2 rings (SSSR count). The van der Waals surface area contributed by atoms with Gasteiger partial charge in [0, 0.05) is 17.9 Å². The van der Waals surface area contributed by atoms with Gasteiger partial charge in [-0.15, -0.1) is 11.8 Å². The smallest absolute Gasteiger partial charge is 0.269 e. The van der Waals surface area contributed by atoms with Crippen molar-refractivity contribution in [2.75, 3.05) is 5.75 Å². The number of non-ortho nitro benzene ring substituents is 1. The molecule has 24 heavy (non-hydrogen) atoms. The predicted molar refractivity (Wildman–Crippen MR) is 96.9 cm³/mol. The summed E-state index contributed by atoms with van der Waals surface area (Å²) in [5.41, 5.74) is 2.15. The molecule has 1 amide bonds. The predicted octanol–water partition coefficient (Wildman–Crippen LogP) is 4.10. The lowest BCUT2D eigenvalue weighted by molar-refractivity contribution is -0.384. The van der Waals surface area contributed by atoms with Crippen molar-refractivity contribution in [3.63, 3.8) is 0 Å². The normalized spacial score (nSPS) is 11.7. The van der Waals surface area contributed by atoms with Crippen LogP contribution in [-0.2, 0) is 10.5 Å². The second-order valence-electron chi connectivity index (χ2n) is 5.36. The minimum atomic E-state index is -0.418. The van der Waals surface area contributed by atoms with Crippen molar-refractivity contribution in [1.29, 1.82) is 0 Å². The summed E-state index contributed by atoms with van der Waals surface area (Å²) in [6.45, 7) is 2.04. The van der Waals surface area contributed by atoms with Gasteiger partial charge in [0.05, 0.1) is 16.7 Å². The molecule has 0 aliphatic rings. The van der Waals surface area contributed by atoms with Gasteiger partial charge in [0.1, 0.15) is 0 Å². The first-order valence-electron chi connectivity index (χ1n) is 7.75. The van der Waals surface area contributed by atoms with Crippen molar-refractivity contribution in [1.82, 2.24) is 5.32 Å². The summed E-state index contributed by atoms with van der Waals surface area (Å²) >= 11 is 1.49. The van der Waals surface area contributed by atoms with E-state index in [1.807, 2.05) is 37.3 Å². The average molecular weight is 344 g/mol. The Kier molecular flexibility index (Phi) is 6.81. The molecule has 126 valence electrons. The fourth-order valence-corrected chi connectivity index (χ4v) is 3.12. The molecule has 0 spiro atoms. The lowest BCUT2D eigenvalue weighted by Crippen LogP contribution is -2.29. The molecule has 0 saturated carbocycles. The highest BCUT2D eigenvalue weighted by Gasteiger charge is 2.12. The molecule has 0 aliphatic carbocycles. The van der Waals surface area contributed by atoms with E-state index in [1.165, 1.54) is 23.9 Å². The van der Waals surface area contributed by atoms with Crippen LogP contribution in [0.1, 0.15) is 30.5 Å². The average Bonchev–Trinajstić information content (AvgIpc) is 2.61. The Morgan fingerprint density at radius 3 is 2.42 bits per heavy atom. The lowest BCUT2D eigenvalue weighted by atomic mass is 10.0. The molecule has 0 unspecified atom stereocenters. The van der Waals surface area contributed by atoms with Gasteiger partial charge in [0.15, 0.2) is 0 Å². The van der Waals surface area contributed by atoms with Gasteiger partial charge in [-0.05, 0) is 17.5 Å². The van der Waals surface area contributed by atoms with Crippen molar-refractivity contribution in [2.45, 2.75) is 25.1 Å². The Hall–Kier alpha value is -2.34. The highest BCUT2D eigenvalue weighted by Crippen LogP contribution is 2.18. The monoisotopic (exact) mass is 344 g/mol. The Balaban J connectivity index is 1.79. The van der Waals surface area contributed by atoms with Gasteiger partial charge < -0.3 is 5.32 Å². The summed E-state index contributed by atoms with van der Waals surface area (Å²) in [4.78, 5) is 22.3. The first-order chi connectivity index (χ1) is 11.6. The van der Waals surface area contributed by atoms with E-state index in [1.54, 1.807) is 12.1 Å². The fourth-order valence-electron chi connectivity index (χ4n) is 2.32. The molecule has 0 heterocycles. The summed E-state index contributed by atoms with van der Waals surface area (Å²) in [5, 5.41) is 13.7. The van der Waals surface area contributed by atoms with Crippen molar-refractivity contribution >= 4 is 23.4 Å². The molecule has 0 bridgehead atoms. The summed E-state index contributed by atoms with van der Waals surface area (Å²) in [5.74, 6) is 1.01. The van der Waals surface area contributed by atoms with Crippen LogP contribution in [0, 0.1) is 10.1 Å². The topological polar surface area (TPSA) is 72.2 Å². The van der Waals surface area contributed by atoms with E-state index in [2.05, 4.69) is 5.32 Å². The van der Waals surface area contributed by atoms with E-state index >= 15 is 0 Å². The van der Waals surface area contributed by atoms with E-state index in [9.17, 15) is 14.9 Å². The maximum absolute atomic E-state index is 12.1. The number of rotatable bonds is 8. The van der Waals surface area contributed by atoms with Crippen LogP contribution < -0.4 is 5.32 Å². The zero-order valence-corrected chi connectivity index (χ0v) is 14.3. The third-order valence-electron chi connectivity index (χ3n) is 3.59. The molecule has 0 radical (unpaired) electrons. The molecule has 2 aromatic carbocycles. The number of nitrogens with one attached hydrogen (secondary N) is 1. The van der Waals surface area contributed by atoms with Crippen LogP contribution in [0.15, 0.2) is 54.6 Å². The number of hydrogen-bond acceptors (Lipinski definition) is 4. The maximum Gasteiger partial charge on any atom is 0.269 e. The van der Waals surface area contributed by atoms with Gasteiger partial charge in [-0.2, -0.15) is 0 Å². The van der Waals surface area contributed by atoms with Crippen LogP contribution in [0.4, 0.5) is 5.69 Å². The highest BCUT2D eigenvalue weighted by atomic mass is 32.2. The van der Waals surface area contributed by atoms with Gasteiger partial charge >= 0.3 is 0 Å². The molecule has 1 atom stereocenters. The minimum Gasteiger partial charge on any atom is -0.349 e. The SMILES string of the molecule is CC[C@@H](NC(=O)CSCc1ccc([N+](=O)[O-])cc1)c1ccccc1. The third kappa shape index (κ3) is 5.38. The Morgan fingerprint density at radius 1 is 1.17 bits per heavy atom. The second-order valence-corrected chi connectivity index (χ2v) is 6.34. The largest absolute Gasteiger partial charge is 0.349 e. The van der Waals surface area contributed by atoms with Gasteiger partial charge in [0.2, 0.25) is 5.91 Å². The van der Waals surface area contributed by atoms with Gasteiger partial charge in [-0.1, -0.05) is 49.4 Å². The van der Waals surface area contributed by atoms with E-state index < -0.39 is 4.92 Å². The van der Waals surface area contributed by atoms with Crippen LogP contribution in [0.25, 0.3) is 0 Å². The second kappa shape index (κ2) is 9.08. The minimum absolute atomic E-state index is 0.00221. The molecule has 1 N–H and O–H groups in total. The number of nitrogens with zero attached hydrogens (tertiary/aromatic N) is 1. The lowest BCUT2D eigenvalue weighted by Gasteiger charge is -2.17. The van der Waals surface area contributed by atoms with Crippen LogP contribution in [0.5, 0.6) is 0 Å². The van der Waals surface area contributed by atoms with Crippen LogP contribution in [-0.4, -0.2) is 16.6 Å². The molecular weight excluding hydrogens is 324 g/mol. The first kappa shape index (κ1) is 18.0. The van der Waals surface area contributed by atoms with Crippen molar-refractivity contribution < 1.29 is 9.72 Å². The molecule has 5 nitrogen and oxygen atoms in total. The first-order valence-corrected chi connectivity index (χ1v) is 8.91. The van der Waals surface area contributed by atoms with Crippen LogP contribution in [0.3, 0.4) is 0 Å². The van der Waals surface area contributed by atoms with E-state index in [0.29, 0.717) is 11.5 Å². The number of carbonyl (C=O) groups excluding carboxylic acids is 1. The number of amides is 1. The number of thioether (sulfide) groups is 1. The van der Waals surface area contributed by atoms with Gasteiger partial charge in [-0.3, -0.25) is 14.9 Å². The van der Waals surface area contributed by atoms with Crippen LogP contribution >= 0.6 is 11.8 Å². The number of benzene rings is 2. The Morgan fingerprint density at radius 2 is 1.83 bits per heavy atom. The van der Waals surface area contributed by atoms with Crippen molar-refractivity contribution in [3.8, 4) is 0 Å². The molecule has 6 heteroatoms. The number of nitro groups is 1. The van der Waals surface area contributed by atoms with E-state index in [0.717, 1.165) is 17.5 Å². The van der Waals surface area contributed by atoms with Crippen LogP contribution in [0.2, 0.25) is 0 Å². The zero-order chi connectivity index (χ0) is 17.4. The third-order valence-corrected chi connectivity index (χ3v) is 4.60. The maximum atomic E-state index is 12.1. The van der Waals surface area contributed by atoms with Crippen molar-refractivity contribution in [2.24, 2.45) is 0 Å². The van der Waals surface area contributed by atoms with Gasteiger partial charge in [0.25, 0.3) is 5.69 Å². The summed E-state index contributed by atoms with van der Waals surface area (Å²) < 4.78 is 0.